The number of carbonyl (C=O) groups is 1. The van der Waals surface area contributed by atoms with Crippen molar-refractivity contribution < 1.29 is 19.4 Å². The highest BCUT2D eigenvalue weighted by molar-refractivity contribution is 5.87. The molecule has 0 bridgehead atoms. The van der Waals surface area contributed by atoms with Crippen molar-refractivity contribution in [1.82, 2.24) is 9.78 Å². The van der Waals surface area contributed by atoms with Crippen LogP contribution in [-0.2, 0) is 6.54 Å². The maximum Gasteiger partial charge on any atom is 0.356 e. The molecule has 2 rings (SSSR count). The number of aromatic nitrogens is 2. The van der Waals surface area contributed by atoms with Crippen LogP contribution in [0.3, 0.4) is 0 Å². The molecule has 5 nitrogen and oxygen atoms in total. The Labute approximate surface area is 102 Å². The van der Waals surface area contributed by atoms with Gasteiger partial charge in [-0.25, -0.2) is 9.18 Å². The van der Waals surface area contributed by atoms with Crippen molar-refractivity contribution in [3.8, 4) is 11.3 Å². The zero-order valence-corrected chi connectivity index (χ0v) is 9.38. The number of rotatable bonds is 4. The molecular weight excluding hydrogens is 239 g/mol. The SMILES string of the molecule is O=C(O)c1cc(-c2ccc(F)cc2)n(CCO)n1. The average molecular weight is 250 g/mol. The number of hydrogen-bond acceptors (Lipinski definition) is 3. The van der Waals surface area contributed by atoms with Gasteiger partial charge in [0.1, 0.15) is 5.82 Å². The van der Waals surface area contributed by atoms with Gasteiger partial charge in [-0.15, -0.1) is 0 Å². The van der Waals surface area contributed by atoms with Gasteiger partial charge in [0.15, 0.2) is 5.69 Å². The van der Waals surface area contributed by atoms with Gasteiger partial charge in [-0.05, 0) is 30.3 Å². The monoisotopic (exact) mass is 250 g/mol. The van der Waals surface area contributed by atoms with E-state index in [0.29, 0.717) is 11.3 Å². The minimum absolute atomic E-state index is 0.109. The van der Waals surface area contributed by atoms with Crippen LogP contribution in [0.5, 0.6) is 0 Å². The summed E-state index contributed by atoms with van der Waals surface area (Å²) in [5, 5.41) is 21.7. The first-order chi connectivity index (χ1) is 8.61. The number of carboxylic acid groups (broad SMARTS) is 1. The molecule has 0 aliphatic heterocycles. The summed E-state index contributed by atoms with van der Waals surface area (Å²) in [7, 11) is 0. The number of aromatic carboxylic acids is 1. The van der Waals surface area contributed by atoms with Crippen molar-refractivity contribution in [2.45, 2.75) is 6.54 Å². The van der Waals surface area contributed by atoms with E-state index in [1.807, 2.05) is 0 Å². The number of halogens is 1. The molecule has 0 fully saturated rings. The van der Waals surface area contributed by atoms with Crippen LogP contribution in [0.15, 0.2) is 30.3 Å². The summed E-state index contributed by atoms with van der Waals surface area (Å²) in [5.41, 5.74) is 1.06. The predicted octanol–water partition coefficient (Wildman–Crippen LogP) is 1.38. The number of aliphatic hydroxyl groups is 1. The number of carboxylic acids is 1. The highest BCUT2D eigenvalue weighted by Gasteiger charge is 2.14. The first kappa shape index (κ1) is 12.3. The Hall–Kier alpha value is -2.21. The van der Waals surface area contributed by atoms with Crippen LogP contribution in [0.1, 0.15) is 10.5 Å². The molecule has 0 radical (unpaired) electrons. The van der Waals surface area contributed by atoms with Crippen molar-refractivity contribution in [3.63, 3.8) is 0 Å². The van der Waals surface area contributed by atoms with Crippen molar-refractivity contribution >= 4 is 5.97 Å². The normalized spacial score (nSPS) is 10.6. The van der Waals surface area contributed by atoms with Gasteiger partial charge < -0.3 is 10.2 Å². The molecule has 0 aliphatic rings. The molecule has 0 aliphatic carbocycles. The minimum Gasteiger partial charge on any atom is -0.476 e. The van der Waals surface area contributed by atoms with Crippen molar-refractivity contribution in [2.75, 3.05) is 6.61 Å². The maximum atomic E-state index is 12.8. The summed E-state index contributed by atoms with van der Waals surface area (Å²) >= 11 is 0. The van der Waals surface area contributed by atoms with Gasteiger partial charge in [0.2, 0.25) is 0 Å². The molecule has 1 heterocycles. The molecule has 0 saturated heterocycles. The van der Waals surface area contributed by atoms with Crippen LogP contribution < -0.4 is 0 Å². The summed E-state index contributed by atoms with van der Waals surface area (Å²) in [5.74, 6) is -1.51. The molecular formula is C12H11FN2O3. The largest absolute Gasteiger partial charge is 0.476 e. The molecule has 1 aromatic carbocycles. The quantitative estimate of drug-likeness (QED) is 0.859. The second-order valence-electron chi connectivity index (χ2n) is 3.67. The molecule has 1 aromatic heterocycles. The summed E-state index contributed by atoms with van der Waals surface area (Å²) < 4.78 is 14.2. The Balaban J connectivity index is 2.47. The number of benzene rings is 1. The number of aliphatic hydroxyl groups excluding tert-OH is 1. The second-order valence-corrected chi connectivity index (χ2v) is 3.67. The zero-order valence-electron chi connectivity index (χ0n) is 9.38. The van der Waals surface area contributed by atoms with Crippen LogP contribution >= 0.6 is 0 Å². The fourth-order valence-corrected chi connectivity index (χ4v) is 1.64. The summed E-state index contributed by atoms with van der Waals surface area (Å²) in [6.45, 7) is 0.0227. The van der Waals surface area contributed by atoms with E-state index in [1.165, 1.54) is 35.0 Å². The van der Waals surface area contributed by atoms with Gasteiger partial charge in [-0.3, -0.25) is 4.68 Å². The molecule has 18 heavy (non-hydrogen) atoms. The number of hydrogen-bond donors (Lipinski definition) is 2. The Morgan fingerprint density at radius 1 is 1.33 bits per heavy atom. The first-order valence-corrected chi connectivity index (χ1v) is 5.30. The first-order valence-electron chi connectivity index (χ1n) is 5.30. The molecule has 94 valence electrons. The lowest BCUT2D eigenvalue weighted by Gasteiger charge is -2.05. The van der Waals surface area contributed by atoms with Crippen molar-refractivity contribution in [2.24, 2.45) is 0 Å². The smallest absolute Gasteiger partial charge is 0.356 e. The van der Waals surface area contributed by atoms with Gasteiger partial charge in [0, 0.05) is 5.56 Å². The Morgan fingerprint density at radius 3 is 2.56 bits per heavy atom. The lowest BCUT2D eigenvalue weighted by molar-refractivity contribution is 0.0689. The van der Waals surface area contributed by atoms with Gasteiger partial charge in [-0.2, -0.15) is 5.10 Å². The zero-order chi connectivity index (χ0) is 13.1. The molecule has 0 saturated carbocycles. The van der Waals surface area contributed by atoms with Crippen LogP contribution in [0, 0.1) is 5.82 Å². The summed E-state index contributed by atoms with van der Waals surface area (Å²) in [6, 6.07) is 7.03. The molecule has 0 spiro atoms. The van der Waals surface area contributed by atoms with Crippen LogP contribution in [0.25, 0.3) is 11.3 Å². The summed E-state index contributed by atoms with van der Waals surface area (Å²) in [6.07, 6.45) is 0. The van der Waals surface area contributed by atoms with E-state index in [0.717, 1.165) is 0 Å². The lowest BCUT2D eigenvalue weighted by Crippen LogP contribution is -2.07. The Bertz CT molecular complexity index is 563. The molecule has 0 unspecified atom stereocenters. The predicted molar refractivity (Wildman–Crippen MR) is 61.7 cm³/mol. The summed E-state index contributed by atoms with van der Waals surface area (Å²) in [4.78, 5) is 10.9. The van der Waals surface area contributed by atoms with E-state index in [-0.39, 0.29) is 24.7 Å². The fourth-order valence-electron chi connectivity index (χ4n) is 1.64. The standard InChI is InChI=1S/C12H11FN2O3/c13-9-3-1-8(2-4-9)11-7-10(12(17)18)14-15(11)5-6-16/h1-4,7,16H,5-6H2,(H,17,18). The van der Waals surface area contributed by atoms with E-state index < -0.39 is 5.97 Å². The highest BCUT2D eigenvalue weighted by Crippen LogP contribution is 2.21. The molecule has 0 atom stereocenters. The van der Waals surface area contributed by atoms with E-state index >= 15 is 0 Å². The average Bonchev–Trinajstić information content (AvgIpc) is 2.75. The molecule has 0 amide bonds. The third-order valence-corrected chi connectivity index (χ3v) is 2.45. The third kappa shape index (κ3) is 2.38. The topological polar surface area (TPSA) is 75.3 Å². The Morgan fingerprint density at radius 2 is 2.00 bits per heavy atom. The van der Waals surface area contributed by atoms with E-state index in [2.05, 4.69) is 5.10 Å². The van der Waals surface area contributed by atoms with Crippen molar-refractivity contribution in [1.29, 1.82) is 0 Å². The minimum atomic E-state index is -1.14. The van der Waals surface area contributed by atoms with E-state index in [4.69, 9.17) is 10.2 Å². The van der Waals surface area contributed by atoms with Gasteiger partial charge >= 0.3 is 5.97 Å². The maximum absolute atomic E-state index is 12.8. The van der Waals surface area contributed by atoms with Gasteiger partial charge in [0.05, 0.1) is 18.8 Å². The van der Waals surface area contributed by atoms with Crippen molar-refractivity contribution in [3.05, 3.63) is 41.8 Å². The second kappa shape index (κ2) is 4.97. The van der Waals surface area contributed by atoms with Crippen LogP contribution in [0.4, 0.5) is 4.39 Å². The van der Waals surface area contributed by atoms with E-state index in [9.17, 15) is 9.18 Å². The number of nitrogens with zero attached hydrogens (tertiary/aromatic N) is 2. The van der Waals surface area contributed by atoms with E-state index in [1.54, 1.807) is 0 Å². The molecule has 2 N–H and O–H groups in total. The van der Waals surface area contributed by atoms with Crippen LogP contribution in [-0.4, -0.2) is 32.6 Å². The van der Waals surface area contributed by atoms with Crippen LogP contribution in [0.2, 0.25) is 0 Å². The highest BCUT2D eigenvalue weighted by atomic mass is 19.1. The third-order valence-electron chi connectivity index (χ3n) is 2.45. The van der Waals surface area contributed by atoms with Gasteiger partial charge in [0.25, 0.3) is 0 Å². The fraction of sp³-hybridized carbons (Fsp3) is 0.167. The lowest BCUT2D eigenvalue weighted by atomic mass is 10.1. The molecule has 2 aromatic rings. The van der Waals surface area contributed by atoms with Gasteiger partial charge in [-0.1, -0.05) is 0 Å². The Kier molecular flexibility index (Phi) is 3.38. The molecule has 6 heteroatoms.